The Morgan fingerprint density at radius 1 is 1.00 bits per heavy atom. The zero-order valence-electron chi connectivity index (χ0n) is 13.0. The molecule has 0 radical (unpaired) electrons. The van der Waals surface area contributed by atoms with Crippen molar-refractivity contribution in [1.29, 1.82) is 5.26 Å². The van der Waals surface area contributed by atoms with E-state index in [1.54, 1.807) is 55.6 Å². The number of urea groups is 1. The third kappa shape index (κ3) is 5.03. The molecule has 0 aliphatic heterocycles. The maximum Gasteiger partial charge on any atom is 0.319 e. The summed E-state index contributed by atoms with van der Waals surface area (Å²) in [5.41, 5.74) is 1.64. The molecule has 0 aliphatic carbocycles. The second kappa shape index (κ2) is 8.19. The molecule has 2 aromatic carbocycles. The molecule has 7 heteroatoms. The van der Waals surface area contributed by atoms with Crippen molar-refractivity contribution < 1.29 is 14.3 Å². The highest BCUT2D eigenvalue weighted by Gasteiger charge is 2.06. The predicted octanol–water partition coefficient (Wildman–Crippen LogP) is 2.33. The minimum absolute atomic E-state index is 0.172. The highest BCUT2D eigenvalue weighted by Crippen LogP contribution is 2.14. The molecule has 0 atom stereocenters. The molecule has 3 amide bonds. The molecule has 2 aromatic rings. The van der Waals surface area contributed by atoms with E-state index in [0.717, 1.165) is 0 Å². The minimum Gasteiger partial charge on any atom is -0.497 e. The van der Waals surface area contributed by atoms with E-state index in [0.29, 0.717) is 22.7 Å². The third-order valence-corrected chi connectivity index (χ3v) is 3.06. The molecule has 2 rings (SSSR count). The lowest BCUT2D eigenvalue weighted by atomic mass is 10.2. The summed E-state index contributed by atoms with van der Waals surface area (Å²) in [7, 11) is 1.56. The van der Waals surface area contributed by atoms with Crippen LogP contribution in [0.2, 0.25) is 0 Å². The van der Waals surface area contributed by atoms with Crippen LogP contribution in [-0.2, 0) is 4.79 Å². The molecule has 0 unspecified atom stereocenters. The van der Waals surface area contributed by atoms with Crippen molar-refractivity contribution in [2.75, 3.05) is 24.3 Å². The average molecular weight is 324 g/mol. The maximum absolute atomic E-state index is 11.8. The Kier molecular flexibility index (Phi) is 5.75. The van der Waals surface area contributed by atoms with Crippen molar-refractivity contribution in [3.8, 4) is 11.8 Å². The first-order valence-corrected chi connectivity index (χ1v) is 7.09. The van der Waals surface area contributed by atoms with Gasteiger partial charge >= 0.3 is 6.03 Å². The first-order chi connectivity index (χ1) is 11.6. The van der Waals surface area contributed by atoms with Gasteiger partial charge in [0.2, 0.25) is 5.91 Å². The quantitative estimate of drug-likeness (QED) is 0.785. The van der Waals surface area contributed by atoms with E-state index in [1.165, 1.54) is 0 Å². The van der Waals surface area contributed by atoms with Gasteiger partial charge in [0.1, 0.15) is 5.75 Å². The van der Waals surface area contributed by atoms with Gasteiger partial charge in [0.15, 0.2) is 0 Å². The van der Waals surface area contributed by atoms with Crippen LogP contribution in [-0.4, -0.2) is 25.6 Å². The van der Waals surface area contributed by atoms with Gasteiger partial charge in [-0.1, -0.05) is 0 Å². The van der Waals surface area contributed by atoms with Gasteiger partial charge in [-0.05, 0) is 48.5 Å². The molecule has 0 saturated heterocycles. The topological polar surface area (TPSA) is 103 Å². The molecule has 0 aromatic heterocycles. The fourth-order valence-electron chi connectivity index (χ4n) is 1.84. The zero-order chi connectivity index (χ0) is 17.4. The van der Waals surface area contributed by atoms with Crippen molar-refractivity contribution in [2.24, 2.45) is 0 Å². The normalized spacial score (nSPS) is 9.50. The number of nitrogens with one attached hydrogen (secondary N) is 3. The number of nitrogens with zero attached hydrogens (tertiary/aromatic N) is 1. The molecule has 0 fully saturated rings. The smallest absolute Gasteiger partial charge is 0.319 e. The summed E-state index contributed by atoms with van der Waals surface area (Å²) in [6.45, 7) is -0.172. The van der Waals surface area contributed by atoms with Gasteiger partial charge in [0, 0.05) is 11.4 Å². The van der Waals surface area contributed by atoms with E-state index >= 15 is 0 Å². The highest BCUT2D eigenvalue weighted by atomic mass is 16.5. The van der Waals surface area contributed by atoms with Crippen molar-refractivity contribution in [3.63, 3.8) is 0 Å². The Bertz CT molecular complexity index is 749. The van der Waals surface area contributed by atoms with Crippen LogP contribution >= 0.6 is 0 Å². The Balaban J connectivity index is 1.77. The van der Waals surface area contributed by atoms with Gasteiger partial charge < -0.3 is 20.7 Å². The summed E-state index contributed by atoms with van der Waals surface area (Å²) in [6.07, 6.45) is 0. The summed E-state index contributed by atoms with van der Waals surface area (Å²) >= 11 is 0. The molecule has 0 heterocycles. The number of amides is 3. The lowest BCUT2D eigenvalue weighted by Gasteiger charge is -2.09. The van der Waals surface area contributed by atoms with Crippen LogP contribution in [0.1, 0.15) is 5.56 Å². The summed E-state index contributed by atoms with van der Waals surface area (Å²) < 4.78 is 5.03. The second-order valence-corrected chi connectivity index (χ2v) is 4.77. The van der Waals surface area contributed by atoms with Crippen molar-refractivity contribution in [3.05, 3.63) is 54.1 Å². The van der Waals surface area contributed by atoms with Gasteiger partial charge in [-0.15, -0.1) is 0 Å². The van der Waals surface area contributed by atoms with Gasteiger partial charge in [-0.25, -0.2) is 4.79 Å². The van der Waals surface area contributed by atoms with Crippen LogP contribution in [0, 0.1) is 11.3 Å². The van der Waals surface area contributed by atoms with E-state index in [-0.39, 0.29) is 12.5 Å². The molecule has 0 saturated carbocycles. The second-order valence-electron chi connectivity index (χ2n) is 4.77. The number of carbonyl (C=O) groups is 2. The number of methoxy groups -OCH3 is 1. The van der Waals surface area contributed by atoms with E-state index in [2.05, 4.69) is 16.0 Å². The Morgan fingerprint density at radius 2 is 1.58 bits per heavy atom. The molecule has 7 nitrogen and oxygen atoms in total. The largest absolute Gasteiger partial charge is 0.497 e. The standard InChI is InChI=1S/C17H16N4O3/c1-24-15-8-6-13(7-9-15)20-16(22)11-19-17(23)21-14-4-2-12(10-18)3-5-14/h2-9H,11H2,1H3,(H,20,22)(H2,19,21,23). The molecule has 122 valence electrons. The molecular formula is C17H16N4O3. The molecule has 0 bridgehead atoms. The minimum atomic E-state index is -0.510. The zero-order valence-corrected chi connectivity index (χ0v) is 13.0. The Hall–Kier alpha value is -3.53. The highest BCUT2D eigenvalue weighted by molar-refractivity contribution is 5.96. The van der Waals surface area contributed by atoms with Crippen LogP contribution in [0.5, 0.6) is 5.75 Å². The summed E-state index contributed by atoms with van der Waals surface area (Å²) in [5, 5.41) is 16.4. The van der Waals surface area contributed by atoms with Crippen LogP contribution < -0.4 is 20.7 Å². The Morgan fingerprint density at radius 3 is 2.17 bits per heavy atom. The van der Waals surface area contributed by atoms with Crippen LogP contribution in [0.3, 0.4) is 0 Å². The van der Waals surface area contributed by atoms with E-state index in [1.807, 2.05) is 6.07 Å². The van der Waals surface area contributed by atoms with Crippen molar-refractivity contribution >= 4 is 23.3 Å². The molecule has 3 N–H and O–H groups in total. The fraction of sp³-hybridized carbons (Fsp3) is 0.118. The number of hydrogen-bond acceptors (Lipinski definition) is 4. The predicted molar refractivity (Wildman–Crippen MR) is 89.8 cm³/mol. The van der Waals surface area contributed by atoms with Gasteiger partial charge in [0.05, 0.1) is 25.3 Å². The molecular weight excluding hydrogens is 308 g/mol. The number of carbonyl (C=O) groups excluding carboxylic acids is 2. The molecule has 0 aliphatic rings. The van der Waals surface area contributed by atoms with E-state index in [9.17, 15) is 9.59 Å². The number of anilines is 2. The SMILES string of the molecule is COc1ccc(NC(=O)CNC(=O)Nc2ccc(C#N)cc2)cc1. The first kappa shape index (κ1) is 16.8. The van der Waals surface area contributed by atoms with Gasteiger partial charge in [-0.2, -0.15) is 5.26 Å². The Labute approximate surface area is 139 Å². The maximum atomic E-state index is 11.8. The first-order valence-electron chi connectivity index (χ1n) is 7.09. The van der Waals surface area contributed by atoms with Crippen LogP contribution in [0.15, 0.2) is 48.5 Å². The number of nitriles is 1. The number of hydrogen-bond donors (Lipinski definition) is 3. The van der Waals surface area contributed by atoms with E-state index in [4.69, 9.17) is 10.00 Å². The van der Waals surface area contributed by atoms with Crippen molar-refractivity contribution in [1.82, 2.24) is 5.32 Å². The fourth-order valence-corrected chi connectivity index (χ4v) is 1.84. The van der Waals surface area contributed by atoms with Gasteiger partial charge in [0.25, 0.3) is 0 Å². The van der Waals surface area contributed by atoms with E-state index < -0.39 is 6.03 Å². The monoisotopic (exact) mass is 324 g/mol. The van der Waals surface area contributed by atoms with Gasteiger partial charge in [-0.3, -0.25) is 4.79 Å². The summed E-state index contributed by atoms with van der Waals surface area (Å²) in [5.74, 6) is 0.336. The summed E-state index contributed by atoms with van der Waals surface area (Å²) in [6, 6.07) is 14.7. The van der Waals surface area contributed by atoms with Crippen LogP contribution in [0.25, 0.3) is 0 Å². The van der Waals surface area contributed by atoms with Crippen LogP contribution in [0.4, 0.5) is 16.2 Å². The molecule has 0 spiro atoms. The summed E-state index contributed by atoms with van der Waals surface area (Å²) in [4.78, 5) is 23.5. The van der Waals surface area contributed by atoms with Crippen molar-refractivity contribution in [2.45, 2.75) is 0 Å². The average Bonchev–Trinajstić information content (AvgIpc) is 2.61. The lowest BCUT2D eigenvalue weighted by Crippen LogP contribution is -2.35. The third-order valence-electron chi connectivity index (χ3n) is 3.06. The number of ether oxygens (including phenoxy) is 1. The number of rotatable bonds is 5. The molecule has 24 heavy (non-hydrogen) atoms. The number of benzene rings is 2. The lowest BCUT2D eigenvalue weighted by molar-refractivity contribution is -0.115.